The number of rotatable bonds is 2. The zero-order valence-electron chi connectivity index (χ0n) is 6.90. The Bertz CT molecular complexity index is 256. The van der Waals surface area contributed by atoms with Crippen molar-refractivity contribution in [3.63, 3.8) is 0 Å². The van der Waals surface area contributed by atoms with Crippen LogP contribution < -0.4 is 0 Å². The molecule has 0 heterocycles. The first-order chi connectivity index (χ1) is 5.83. The van der Waals surface area contributed by atoms with Gasteiger partial charge in [-0.2, -0.15) is 0 Å². The van der Waals surface area contributed by atoms with Gasteiger partial charge in [-0.25, -0.2) is 0 Å². The van der Waals surface area contributed by atoms with Crippen molar-refractivity contribution in [3.8, 4) is 0 Å². The molecule has 0 saturated carbocycles. The van der Waals surface area contributed by atoms with Crippen LogP contribution in [0, 0.1) is 0 Å². The van der Waals surface area contributed by atoms with E-state index in [1.165, 1.54) is 0 Å². The molecule has 0 fully saturated rings. The number of nitrogens with zero attached hydrogens (tertiary/aromatic N) is 1. The molecule has 0 amide bonds. The molecule has 1 N–H and O–H groups in total. The normalized spacial score (nSPS) is 11.2. The molecule has 3 nitrogen and oxygen atoms in total. The zero-order valence-corrected chi connectivity index (χ0v) is 6.90. The predicted octanol–water partition coefficient (Wildman–Crippen LogP) is 2.01. The molecule has 0 aromatic heterocycles. The predicted molar refractivity (Wildman–Crippen MR) is 46.1 cm³/mol. The first-order valence-corrected chi connectivity index (χ1v) is 3.68. The van der Waals surface area contributed by atoms with Crippen LogP contribution >= 0.6 is 0 Å². The third-order valence-corrected chi connectivity index (χ3v) is 1.43. The smallest absolute Gasteiger partial charge is 0.222 e. The van der Waals surface area contributed by atoms with E-state index in [2.05, 4.69) is 5.16 Å². The summed E-state index contributed by atoms with van der Waals surface area (Å²) in [7, 11) is 0. The minimum atomic E-state index is 0.277. The van der Waals surface area contributed by atoms with Gasteiger partial charge in [-0.05, 0) is 5.56 Å². The van der Waals surface area contributed by atoms with Crippen molar-refractivity contribution in [2.24, 2.45) is 5.16 Å². The Balaban J connectivity index is 2.44. The van der Waals surface area contributed by atoms with Crippen LogP contribution in [0.5, 0.6) is 0 Å². The lowest BCUT2D eigenvalue weighted by Crippen LogP contribution is -1.99. The van der Waals surface area contributed by atoms with E-state index in [1.807, 2.05) is 30.3 Å². The second-order valence-electron chi connectivity index (χ2n) is 2.39. The van der Waals surface area contributed by atoms with Crippen LogP contribution in [-0.4, -0.2) is 11.1 Å². The second kappa shape index (κ2) is 4.38. The van der Waals surface area contributed by atoms with Crippen molar-refractivity contribution >= 4 is 5.90 Å². The minimum Gasteiger partial charge on any atom is -0.474 e. The van der Waals surface area contributed by atoms with Gasteiger partial charge in [0.25, 0.3) is 0 Å². The number of hydrogen-bond acceptors (Lipinski definition) is 3. The Morgan fingerprint density at radius 1 is 1.42 bits per heavy atom. The van der Waals surface area contributed by atoms with Gasteiger partial charge in [0, 0.05) is 6.92 Å². The summed E-state index contributed by atoms with van der Waals surface area (Å²) >= 11 is 0. The molecule has 1 rings (SSSR count). The van der Waals surface area contributed by atoms with Crippen LogP contribution in [0.3, 0.4) is 0 Å². The van der Waals surface area contributed by atoms with Crippen LogP contribution in [0.15, 0.2) is 35.5 Å². The molecule has 12 heavy (non-hydrogen) atoms. The summed E-state index contributed by atoms with van der Waals surface area (Å²) in [5, 5.41) is 11.2. The van der Waals surface area contributed by atoms with Gasteiger partial charge in [-0.3, -0.25) is 0 Å². The van der Waals surface area contributed by atoms with E-state index >= 15 is 0 Å². The fourth-order valence-electron chi connectivity index (χ4n) is 0.791. The summed E-state index contributed by atoms with van der Waals surface area (Å²) in [4.78, 5) is 0. The summed E-state index contributed by atoms with van der Waals surface area (Å²) in [5.74, 6) is 0.277. The quantitative estimate of drug-likeness (QED) is 0.315. The van der Waals surface area contributed by atoms with Crippen molar-refractivity contribution < 1.29 is 9.94 Å². The van der Waals surface area contributed by atoms with Crippen molar-refractivity contribution in [2.45, 2.75) is 13.5 Å². The van der Waals surface area contributed by atoms with E-state index in [-0.39, 0.29) is 5.90 Å². The molecule has 0 saturated heterocycles. The van der Waals surface area contributed by atoms with Crippen LogP contribution in [0.2, 0.25) is 0 Å². The Hall–Kier alpha value is -1.51. The summed E-state index contributed by atoms with van der Waals surface area (Å²) in [5.41, 5.74) is 1.06. The maximum atomic E-state index is 8.28. The van der Waals surface area contributed by atoms with Crippen LogP contribution in [0.25, 0.3) is 0 Å². The number of benzene rings is 1. The van der Waals surface area contributed by atoms with Gasteiger partial charge < -0.3 is 9.94 Å². The highest BCUT2D eigenvalue weighted by Gasteiger charge is 1.93. The van der Waals surface area contributed by atoms with Gasteiger partial charge in [0.2, 0.25) is 5.90 Å². The molecular formula is C9H11NO2. The summed E-state index contributed by atoms with van der Waals surface area (Å²) in [6.07, 6.45) is 0. The highest BCUT2D eigenvalue weighted by Crippen LogP contribution is 2.00. The molecule has 0 aliphatic carbocycles. The molecular weight excluding hydrogens is 154 g/mol. The van der Waals surface area contributed by atoms with Gasteiger partial charge in [0.05, 0.1) is 0 Å². The summed E-state index contributed by atoms with van der Waals surface area (Å²) < 4.78 is 5.08. The highest BCUT2D eigenvalue weighted by molar-refractivity contribution is 5.72. The number of oxime groups is 1. The molecule has 0 aliphatic rings. The van der Waals surface area contributed by atoms with E-state index in [9.17, 15) is 0 Å². The summed E-state index contributed by atoms with van der Waals surface area (Å²) in [6, 6.07) is 9.71. The second-order valence-corrected chi connectivity index (χ2v) is 2.39. The van der Waals surface area contributed by atoms with Crippen molar-refractivity contribution in [3.05, 3.63) is 35.9 Å². The van der Waals surface area contributed by atoms with Gasteiger partial charge in [0.15, 0.2) is 0 Å². The lowest BCUT2D eigenvalue weighted by Gasteiger charge is -2.02. The zero-order chi connectivity index (χ0) is 8.81. The SMILES string of the molecule is C/C(=N\O)OCc1ccccc1. The Labute approximate surface area is 71.3 Å². The highest BCUT2D eigenvalue weighted by atomic mass is 16.5. The van der Waals surface area contributed by atoms with E-state index in [0.29, 0.717) is 6.61 Å². The lowest BCUT2D eigenvalue weighted by molar-refractivity contribution is 0.245. The molecule has 1 aromatic carbocycles. The molecule has 0 spiro atoms. The van der Waals surface area contributed by atoms with E-state index in [0.717, 1.165) is 5.56 Å². The van der Waals surface area contributed by atoms with Crippen molar-refractivity contribution in [2.75, 3.05) is 0 Å². The first kappa shape index (κ1) is 8.59. The van der Waals surface area contributed by atoms with E-state index in [4.69, 9.17) is 9.94 Å². The van der Waals surface area contributed by atoms with Crippen LogP contribution in [0.4, 0.5) is 0 Å². The molecule has 0 radical (unpaired) electrons. The van der Waals surface area contributed by atoms with E-state index in [1.54, 1.807) is 6.92 Å². The van der Waals surface area contributed by atoms with Gasteiger partial charge in [-0.15, -0.1) is 0 Å². The molecule has 0 aliphatic heterocycles. The standard InChI is InChI=1S/C9H11NO2/c1-8(10-11)12-7-9-5-3-2-4-6-9/h2-6,11H,7H2,1H3/b10-8+. The van der Waals surface area contributed by atoms with Crippen molar-refractivity contribution in [1.29, 1.82) is 0 Å². The largest absolute Gasteiger partial charge is 0.474 e. The molecule has 0 bridgehead atoms. The van der Waals surface area contributed by atoms with Gasteiger partial charge in [0.1, 0.15) is 6.61 Å². The average Bonchev–Trinajstić information content (AvgIpc) is 2.16. The molecule has 3 heteroatoms. The average molecular weight is 165 g/mol. The fraction of sp³-hybridized carbons (Fsp3) is 0.222. The Morgan fingerprint density at radius 3 is 2.67 bits per heavy atom. The fourth-order valence-corrected chi connectivity index (χ4v) is 0.791. The monoisotopic (exact) mass is 165 g/mol. The number of hydrogen-bond donors (Lipinski definition) is 1. The number of ether oxygens (including phenoxy) is 1. The summed E-state index contributed by atoms with van der Waals surface area (Å²) in [6.45, 7) is 2.04. The molecule has 0 unspecified atom stereocenters. The molecule has 1 aromatic rings. The van der Waals surface area contributed by atoms with Crippen LogP contribution in [0.1, 0.15) is 12.5 Å². The Morgan fingerprint density at radius 2 is 2.08 bits per heavy atom. The van der Waals surface area contributed by atoms with Crippen LogP contribution in [-0.2, 0) is 11.3 Å². The third-order valence-electron chi connectivity index (χ3n) is 1.43. The molecule has 64 valence electrons. The topological polar surface area (TPSA) is 41.8 Å². The molecule has 0 atom stereocenters. The maximum Gasteiger partial charge on any atom is 0.222 e. The minimum absolute atomic E-state index is 0.277. The first-order valence-electron chi connectivity index (χ1n) is 3.68. The van der Waals surface area contributed by atoms with Crippen molar-refractivity contribution in [1.82, 2.24) is 0 Å². The Kier molecular flexibility index (Phi) is 3.14. The van der Waals surface area contributed by atoms with E-state index < -0.39 is 0 Å². The maximum absolute atomic E-state index is 8.28. The van der Waals surface area contributed by atoms with Gasteiger partial charge >= 0.3 is 0 Å². The third kappa shape index (κ3) is 2.62. The van der Waals surface area contributed by atoms with Gasteiger partial charge in [-0.1, -0.05) is 35.5 Å². The lowest BCUT2D eigenvalue weighted by atomic mass is 10.2.